The van der Waals surface area contributed by atoms with Crippen LogP contribution < -0.4 is 9.64 Å². The highest BCUT2D eigenvalue weighted by molar-refractivity contribution is 7.89. The summed E-state index contributed by atoms with van der Waals surface area (Å²) in [6.45, 7) is 2.45. The number of rotatable bonds is 6. The van der Waals surface area contributed by atoms with Crippen LogP contribution in [-0.2, 0) is 14.8 Å². The molecule has 162 valence electrons. The Labute approximate surface area is 181 Å². The van der Waals surface area contributed by atoms with Gasteiger partial charge in [-0.05, 0) is 62.2 Å². The van der Waals surface area contributed by atoms with E-state index in [-0.39, 0.29) is 33.9 Å². The van der Waals surface area contributed by atoms with Gasteiger partial charge in [-0.15, -0.1) is 0 Å². The average molecular weight is 455 g/mol. The van der Waals surface area contributed by atoms with Gasteiger partial charge in [-0.2, -0.15) is 4.31 Å². The van der Waals surface area contributed by atoms with Crippen LogP contribution in [0.5, 0.6) is 5.75 Å². The zero-order valence-electron chi connectivity index (χ0n) is 16.8. The quantitative estimate of drug-likeness (QED) is 0.663. The van der Waals surface area contributed by atoms with E-state index >= 15 is 0 Å². The van der Waals surface area contributed by atoms with Crippen LogP contribution in [0.4, 0.5) is 10.1 Å². The van der Waals surface area contributed by atoms with Crippen molar-refractivity contribution >= 4 is 33.2 Å². The first-order chi connectivity index (χ1) is 14.2. The van der Waals surface area contributed by atoms with Crippen molar-refractivity contribution in [1.82, 2.24) is 4.31 Å². The molecule has 0 saturated carbocycles. The highest BCUT2D eigenvalue weighted by Crippen LogP contribution is 2.32. The van der Waals surface area contributed by atoms with Gasteiger partial charge in [-0.1, -0.05) is 11.6 Å². The van der Waals surface area contributed by atoms with Crippen molar-refractivity contribution in [2.75, 3.05) is 31.6 Å². The van der Waals surface area contributed by atoms with E-state index in [0.717, 1.165) is 0 Å². The first-order valence-electron chi connectivity index (χ1n) is 9.69. The predicted molar refractivity (Wildman–Crippen MR) is 114 cm³/mol. The maximum absolute atomic E-state index is 13.3. The van der Waals surface area contributed by atoms with Gasteiger partial charge in [0.15, 0.2) is 0 Å². The molecule has 1 heterocycles. The molecule has 1 unspecified atom stereocenters. The number of halogens is 2. The van der Waals surface area contributed by atoms with Crippen molar-refractivity contribution in [3.63, 3.8) is 0 Å². The van der Waals surface area contributed by atoms with E-state index in [9.17, 15) is 17.6 Å². The standard InChI is InChI=1S/C21H24ClFN2O4S/c1-3-29-19-11-6-16(22)13-20(19)30(27,28)25-12-4-5-15(14-25)21(26)24(2)18-9-7-17(23)8-10-18/h6-11,13,15H,3-5,12,14H2,1-2H3. The van der Waals surface area contributed by atoms with E-state index in [1.54, 1.807) is 20.0 Å². The third kappa shape index (κ3) is 4.77. The van der Waals surface area contributed by atoms with Crippen LogP contribution in [0, 0.1) is 11.7 Å². The summed E-state index contributed by atoms with van der Waals surface area (Å²) < 4.78 is 46.6. The molecule has 3 rings (SSSR count). The Kier molecular flexibility index (Phi) is 7.00. The predicted octanol–water partition coefficient (Wildman–Crippen LogP) is 3.94. The maximum Gasteiger partial charge on any atom is 0.246 e. The van der Waals surface area contributed by atoms with E-state index in [4.69, 9.17) is 16.3 Å². The summed E-state index contributed by atoms with van der Waals surface area (Å²) in [6.07, 6.45) is 1.13. The molecule has 30 heavy (non-hydrogen) atoms. The molecular formula is C21H24ClFN2O4S. The first-order valence-corrected chi connectivity index (χ1v) is 11.5. The molecule has 1 aliphatic rings. The second kappa shape index (κ2) is 9.32. The fraction of sp³-hybridized carbons (Fsp3) is 0.381. The molecule has 0 aromatic heterocycles. The number of piperidine rings is 1. The highest BCUT2D eigenvalue weighted by atomic mass is 35.5. The van der Waals surface area contributed by atoms with Gasteiger partial charge in [-0.3, -0.25) is 4.79 Å². The van der Waals surface area contributed by atoms with Crippen molar-refractivity contribution in [3.8, 4) is 5.75 Å². The molecule has 9 heteroatoms. The van der Waals surface area contributed by atoms with Gasteiger partial charge in [-0.25, -0.2) is 12.8 Å². The topological polar surface area (TPSA) is 66.9 Å². The molecule has 6 nitrogen and oxygen atoms in total. The molecule has 0 radical (unpaired) electrons. The largest absolute Gasteiger partial charge is 0.492 e. The number of benzene rings is 2. The Morgan fingerprint density at radius 2 is 1.97 bits per heavy atom. The highest BCUT2D eigenvalue weighted by Gasteiger charge is 2.36. The maximum atomic E-state index is 13.3. The molecule has 2 aromatic rings. The van der Waals surface area contributed by atoms with Gasteiger partial charge in [0.1, 0.15) is 16.5 Å². The lowest BCUT2D eigenvalue weighted by molar-refractivity contribution is -0.123. The molecule has 1 amide bonds. The van der Waals surface area contributed by atoms with E-state index in [1.165, 1.54) is 45.6 Å². The second-order valence-corrected chi connectivity index (χ2v) is 9.44. The van der Waals surface area contributed by atoms with Gasteiger partial charge in [0.05, 0.1) is 12.5 Å². The number of hydrogen-bond acceptors (Lipinski definition) is 4. The Morgan fingerprint density at radius 1 is 1.27 bits per heavy atom. The second-order valence-electron chi connectivity index (χ2n) is 7.10. The van der Waals surface area contributed by atoms with Crippen LogP contribution >= 0.6 is 11.6 Å². The van der Waals surface area contributed by atoms with Crippen LogP contribution in [0.3, 0.4) is 0 Å². The molecule has 1 saturated heterocycles. The van der Waals surface area contributed by atoms with Crippen molar-refractivity contribution in [2.24, 2.45) is 5.92 Å². The lowest BCUT2D eigenvalue weighted by Gasteiger charge is -2.33. The summed E-state index contributed by atoms with van der Waals surface area (Å²) in [4.78, 5) is 14.4. The summed E-state index contributed by atoms with van der Waals surface area (Å²) in [5, 5.41) is 0.290. The molecule has 0 bridgehead atoms. The Bertz CT molecular complexity index is 1010. The van der Waals surface area contributed by atoms with Crippen LogP contribution in [0.25, 0.3) is 0 Å². The zero-order chi connectivity index (χ0) is 21.9. The van der Waals surface area contributed by atoms with E-state index < -0.39 is 15.9 Å². The summed E-state index contributed by atoms with van der Waals surface area (Å²) in [6, 6.07) is 10.1. The number of ether oxygens (including phenoxy) is 1. The number of amides is 1. The molecule has 0 aliphatic carbocycles. The van der Waals surface area contributed by atoms with Crippen LogP contribution in [0.1, 0.15) is 19.8 Å². The smallest absolute Gasteiger partial charge is 0.246 e. The summed E-state index contributed by atoms with van der Waals surface area (Å²) in [5.41, 5.74) is 0.551. The fourth-order valence-corrected chi connectivity index (χ4v) is 5.44. The Morgan fingerprint density at radius 3 is 2.63 bits per heavy atom. The summed E-state index contributed by atoms with van der Waals surface area (Å²) in [5.74, 6) is -0.865. The van der Waals surface area contributed by atoms with E-state index in [1.807, 2.05) is 0 Å². The molecule has 1 atom stereocenters. The number of anilines is 1. The van der Waals surface area contributed by atoms with Gasteiger partial charge in [0, 0.05) is 30.8 Å². The van der Waals surface area contributed by atoms with Gasteiger partial charge in [0.2, 0.25) is 15.9 Å². The minimum Gasteiger partial charge on any atom is -0.492 e. The third-order valence-electron chi connectivity index (χ3n) is 5.10. The van der Waals surface area contributed by atoms with E-state index in [2.05, 4.69) is 0 Å². The van der Waals surface area contributed by atoms with Gasteiger partial charge in [0.25, 0.3) is 0 Å². The fourth-order valence-electron chi connectivity index (χ4n) is 3.53. The zero-order valence-corrected chi connectivity index (χ0v) is 18.4. The molecule has 2 aromatic carbocycles. The van der Waals surface area contributed by atoms with Crippen LogP contribution in [-0.4, -0.2) is 45.4 Å². The average Bonchev–Trinajstić information content (AvgIpc) is 2.74. The molecule has 1 aliphatic heterocycles. The van der Waals surface area contributed by atoms with Gasteiger partial charge >= 0.3 is 0 Å². The van der Waals surface area contributed by atoms with Gasteiger partial charge < -0.3 is 9.64 Å². The molecule has 0 spiro atoms. The Balaban J connectivity index is 1.82. The first kappa shape index (κ1) is 22.5. The van der Waals surface area contributed by atoms with Crippen LogP contribution in [0.2, 0.25) is 5.02 Å². The van der Waals surface area contributed by atoms with E-state index in [0.29, 0.717) is 31.7 Å². The number of nitrogens with zero attached hydrogens (tertiary/aromatic N) is 2. The summed E-state index contributed by atoms with van der Waals surface area (Å²) >= 11 is 6.04. The molecule has 1 fully saturated rings. The molecule has 0 N–H and O–H groups in total. The lowest BCUT2D eigenvalue weighted by atomic mass is 9.98. The molecular weight excluding hydrogens is 431 g/mol. The van der Waals surface area contributed by atoms with Crippen LogP contribution in [0.15, 0.2) is 47.4 Å². The Hall–Kier alpha value is -2.16. The third-order valence-corrected chi connectivity index (χ3v) is 7.22. The SMILES string of the molecule is CCOc1ccc(Cl)cc1S(=O)(=O)N1CCCC(C(=O)N(C)c2ccc(F)cc2)C1. The lowest BCUT2D eigenvalue weighted by Crippen LogP contribution is -2.46. The minimum atomic E-state index is -3.90. The minimum absolute atomic E-state index is 0.00293. The normalized spacial score (nSPS) is 17.5. The number of carbonyl (C=O) groups excluding carboxylic acids is 1. The number of sulfonamides is 1. The van der Waals surface area contributed by atoms with Crippen molar-refractivity contribution < 1.29 is 22.3 Å². The number of hydrogen-bond donors (Lipinski definition) is 0. The number of carbonyl (C=O) groups is 1. The van der Waals surface area contributed by atoms with Crippen molar-refractivity contribution in [2.45, 2.75) is 24.7 Å². The monoisotopic (exact) mass is 454 g/mol. The van der Waals surface area contributed by atoms with Crippen molar-refractivity contribution in [3.05, 3.63) is 53.3 Å². The summed E-state index contributed by atoms with van der Waals surface area (Å²) in [7, 11) is -2.29. The van der Waals surface area contributed by atoms with Crippen molar-refractivity contribution in [1.29, 1.82) is 0 Å².